The van der Waals surface area contributed by atoms with Gasteiger partial charge in [0.25, 0.3) is 5.91 Å². The van der Waals surface area contributed by atoms with Gasteiger partial charge in [-0.2, -0.15) is 0 Å². The number of rotatable bonds is 4. The lowest BCUT2D eigenvalue weighted by molar-refractivity contribution is 0.0919. The van der Waals surface area contributed by atoms with E-state index in [0.717, 1.165) is 11.1 Å². The molecule has 21 heavy (non-hydrogen) atoms. The van der Waals surface area contributed by atoms with Gasteiger partial charge in [0.1, 0.15) is 0 Å². The summed E-state index contributed by atoms with van der Waals surface area (Å²) < 4.78 is 0. The van der Waals surface area contributed by atoms with E-state index in [1.54, 1.807) is 0 Å². The smallest absolute Gasteiger partial charge is 0.251 e. The van der Waals surface area contributed by atoms with Crippen LogP contribution in [0.4, 0.5) is 0 Å². The predicted octanol–water partition coefficient (Wildman–Crippen LogP) is 1.38. The molecule has 0 heterocycles. The molecule has 0 aliphatic rings. The molecule has 0 atom stereocenters. The lowest BCUT2D eigenvalue weighted by Gasteiger charge is -2.32. The van der Waals surface area contributed by atoms with E-state index >= 15 is 0 Å². The molecule has 4 heteroatoms. The first-order valence-corrected chi connectivity index (χ1v) is 7.04. The predicted molar refractivity (Wildman–Crippen MR) is 87.2 cm³/mol. The lowest BCUT2D eigenvalue weighted by Crippen LogP contribution is -2.48. The van der Waals surface area contributed by atoms with Gasteiger partial charge in [-0.25, -0.2) is 0 Å². The van der Waals surface area contributed by atoms with Gasteiger partial charge in [0.05, 0.1) is 6.54 Å². The summed E-state index contributed by atoms with van der Waals surface area (Å²) in [7, 11) is 4.00. The average Bonchev–Trinajstić information content (AvgIpc) is 2.43. The van der Waals surface area contributed by atoms with E-state index in [1.807, 2.05) is 39.2 Å². The fourth-order valence-electron chi connectivity index (χ4n) is 1.71. The number of nitrogens with two attached hydrogens (primary N) is 1. The maximum atomic E-state index is 12.4. The van der Waals surface area contributed by atoms with Crippen LogP contribution in [0.2, 0.25) is 0 Å². The summed E-state index contributed by atoms with van der Waals surface area (Å²) in [5.74, 6) is 5.75. The first kappa shape index (κ1) is 17.2. The van der Waals surface area contributed by atoms with E-state index in [1.165, 1.54) is 0 Å². The van der Waals surface area contributed by atoms with Crippen LogP contribution in [0.15, 0.2) is 18.2 Å². The molecule has 0 saturated carbocycles. The number of nitrogens with zero attached hydrogens (tertiary/aromatic N) is 1. The first-order chi connectivity index (χ1) is 9.79. The molecule has 114 valence electrons. The van der Waals surface area contributed by atoms with E-state index in [-0.39, 0.29) is 11.4 Å². The molecule has 1 rings (SSSR count). The monoisotopic (exact) mass is 287 g/mol. The maximum absolute atomic E-state index is 12.4. The SMILES string of the molecule is Cc1c(C#CCN)cccc1C(=O)NCC(C)(C)N(C)C. The maximum Gasteiger partial charge on any atom is 0.251 e. The minimum Gasteiger partial charge on any atom is -0.350 e. The molecule has 0 radical (unpaired) electrons. The fraction of sp³-hybridized carbons (Fsp3) is 0.471. The largest absolute Gasteiger partial charge is 0.350 e. The third kappa shape index (κ3) is 4.59. The van der Waals surface area contributed by atoms with Crippen molar-refractivity contribution in [1.29, 1.82) is 0 Å². The molecule has 0 aliphatic heterocycles. The molecule has 1 aromatic rings. The summed E-state index contributed by atoms with van der Waals surface area (Å²) in [6.45, 7) is 6.98. The second kappa shape index (κ2) is 7.26. The first-order valence-electron chi connectivity index (χ1n) is 7.04. The molecule has 0 aliphatic carbocycles. The van der Waals surface area contributed by atoms with Crippen LogP contribution in [0.1, 0.15) is 35.3 Å². The second-order valence-corrected chi connectivity index (χ2v) is 5.87. The van der Waals surface area contributed by atoms with Gasteiger partial charge >= 0.3 is 0 Å². The molecular formula is C17H25N3O. The Kier molecular flexibility index (Phi) is 5.95. The summed E-state index contributed by atoms with van der Waals surface area (Å²) in [6, 6.07) is 5.57. The van der Waals surface area contributed by atoms with Gasteiger partial charge in [-0.3, -0.25) is 4.79 Å². The van der Waals surface area contributed by atoms with Crippen molar-refractivity contribution in [2.45, 2.75) is 26.3 Å². The van der Waals surface area contributed by atoms with E-state index in [4.69, 9.17) is 5.73 Å². The van der Waals surface area contributed by atoms with E-state index < -0.39 is 0 Å². The highest BCUT2D eigenvalue weighted by molar-refractivity contribution is 5.96. The molecule has 4 nitrogen and oxygen atoms in total. The third-order valence-corrected chi connectivity index (χ3v) is 3.80. The summed E-state index contributed by atoms with van der Waals surface area (Å²) >= 11 is 0. The molecule has 3 N–H and O–H groups in total. The number of hydrogen-bond acceptors (Lipinski definition) is 3. The topological polar surface area (TPSA) is 58.4 Å². The Morgan fingerprint density at radius 3 is 2.62 bits per heavy atom. The Hall–Kier alpha value is -1.83. The number of benzene rings is 1. The Bertz CT molecular complexity index is 565. The highest BCUT2D eigenvalue weighted by Crippen LogP contribution is 2.14. The van der Waals surface area contributed by atoms with Crippen LogP contribution in [0, 0.1) is 18.8 Å². The second-order valence-electron chi connectivity index (χ2n) is 5.87. The Labute approximate surface area is 127 Å². The standard InChI is InChI=1S/C17H25N3O/c1-13-14(9-7-11-18)8-6-10-15(13)16(21)19-12-17(2,3)20(4)5/h6,8,10H,11-12,18H2,1-5H3,(H,19,21). The number of nitrogens with one attached hydrogen (secondary N) is 1. The lowest BCUT2D eigenvalue weighted by atomic mass is 10.0. The molecule has 0 aromatic heterocycles. The highest BCUT2D eigenvalue weighted by Gasteiger charge is 2.22. The third-order valence-electron chi connectivity index (χ3n) is 3.80. The van der Waals surface area contributed by atoms with E-state index in [9.17, 15) is 4.79 Å². The Morgan fingerprint density at radius 1 is 1.38 bits per heavy atom. The zero-order chi connectivity index (χ0) is 16.0. The minimum atomic E-state index is -0.0967. The summed E-state index contributed by atoms with van der Waals surface area (Å²) in [5.41, 5.74) is 7.69. The number of carbonyl (C=O) groups is 1. The van der Waals surface area contributed by atoms with Crippen molar-refractivity contribution in [3.8, 4) is 11.8 Å². The van der Waals surface area contributed by atoms with Gasteiger partial charge in [0.2, 0.25) is 0 Å². The summed E-state index contributed by atoms with van der Waals surface area (Å²) in [5, 5.41) is 2.99. The van der Waals surface area contributed by atoms with E-state index in [0.29, 0.717) is 18.7 Å². The number of amides is 1. The summed E-state index contributed by atoms with van der Waals surface area (Å²) in [6.07, 6.45) is 0. The zero-order valence-electron chi connectivity index (χ0n) is 13.6. The Morgan fingerprint density at radius 2 is 2.05 bits per heavy atom. The van der Waals surface area contributed by atoms with Crippen LogP contribution in [-0.2, 0) is 0 Å². The van der Waals surface area contributed by atoms with Gasteiger partial charge in [-0.05, 0) is 52.6 Å². The molecule has 0 saturated heterocycles. The van der Waals surface area contributed by atoms with Crippen molar-refractivity contribution in [3.05, 3.63) is 34.9 Å². The van der Waals surface area contributed by atoms with Gasteiger partial charge in [-0.15, -0.1) is 0 Å². The fourth-order valence-corrected chi connectivity index (χ4v) is 1.71. The van der Waals surface area contributed by atoms with Crippen molar-refractivity contribution >= 4 is 5.91 Å². The molecule has 0 unspecified atom stereocenters. The normalized spacial score (nSPS) is 11.0. The van der Waals surface area contributed by atoms with Gasteiger partial charge in [0.15, 0.2) is 0 Å². The van der Waals surface area contributed by atoms with Crippen molar-refractivity contribution in [2.75, 3.05) is 27.2 Å². The quantitative estimate of drug-likeness (QED) is 0.823. The van der Waals surface area contributed by atoms with Crippen LogP contribution < -0.4 is 11.1 Å². The minimum absolute atomic E-state index is 0.0705. The number of hydrogen-bond donors (Lipinski definition) is 2. The molecular weight excluding hydrogens is 262 g/mol. The van der Waals surface area contributed by atoms with Crippen LogP contribution in [0.5, 0.6) is 0 Å². The summed E-state index contributed by atoms with van der Waals surface area (Å²) in [4.78, 5) is 14.4. The molecule has 0 fully saturated rings. The van der Waals surface area contributed by atoms with Crippen molar-refractivity contribution in [1.82, 2.24) is 10.2 Å². The van der Waals surface area contributed by atoms with Crippen molar-refractivity contribution in [2.24, 2.45) is 5.73 Å². The average molecular weight is 287 g/mol. The zero-order valence-corrected chi connectivity index (χ0v) is 13.6. The van der Waals surface area contributed by atoms with Crippen LogP contribution in [0.25, 0.3) is 0 Å². The molecule has 1 aromatic carbocycles. The molecule has 0 spiro atoms. The van der Waals surface area contributed by atoms with Gasteiger partial charge in [0, 0.05) is 23.2 Å². The van der Waals surface area contributed by atoms with Crippen LogP contribution in [-0.4, -0.2) is 43.5 Å². The van der Waals surface area contributed by atoms with Crippen molar-refractivity contribution < 1.29 is 4.79 Å². The van der Waals surface area contributed by atoms with Crippen LogP contribution in [0.3, 0.4) is 0 Å². The number of likely N-dealkylation sites (N-methyl/N-ethyl adjacent to an activating group) is 1. The van der Waals surface area contributed by atoms with Crippen molar-refractivity contribution in [3.63, 3.8) is 0 Å². The Balaban J connectivity index is 2.89. The van der Waals surface area contributed by atoms with Crippen LogP contribution >= 0.6 is 0 Å². The number of carbonyl (C=O) groups excluding carboxylic acids is 1. The van der Waals surface area contributed by atoms with E-state index in [2.05, 4.69) is 35.9 Å². The highest BCUT2D eigenvalue weighted by atomic mass is 16.1. The molecule has 0 bridgehead atoms. The van der Waals surface area contributed by atoms with Gasteiger partial charge < -0.3 is 16.0 Å². The van der Waals surface area contributed by atoms with Gasteiger partial charge in [-0.1, -0.05) is 17.9 Å². The molecule has 1 amide bonds.